The van der Waals surface area contributed by atoms with Crippen molar-refractivity contribution in [2.24, 2.45) is 0 Å². The number of benzene rings is 1. The van der Waals surface area contributed by atoms with Crippen molar-refractivity contribution < 1.29 is 47.8 Å². The highest BCUT2D eigenvalue weighted by atomic mass is 16.7. The van der Waals surface area contributed by atoms with E-state index in [0.717, 1.165) is 116 Å². The summed E-state index contributed by atoms with van der Waals surface area (Å²) in [5.41, 5.74) is -0.139. The average Bonchev–Trinajstić information content (AvgIpc) is 3.39. The molecule has 0 aromatic heterocycles. The van der Waals surface area contributed by atoms with Crippen LogP contribution < -0.4 is 4.74 Å². The van der Waals surface area contributed by atoms with E-state index in [1.165, 1.54) is 101 Å². The zero-order valence-electron chi connectivity index (χ0n) is 46.6. The normalized spacial score (nSPS) is 12.1. The van der Waals surface area contributed by atoms with Gasteiger partial charge in [0.05, 0.1) is 4.92 Å². The van der Waals surface area contributed by atoms with Crippen LogP contribution in [0, 0.1) is 10.1 Å². The van der Waals surface area contributed by atoms with Gasteiger partial charge in [-0.2, -0.15) is 0 Å². The SMILES string of the molecule is CCCCC/C=C\C/C=C\CCCCCCCC(=O)OCC(COC(=O)CCCCCCC/C=C\C/C=C\CCCCC)OC(=O)CCC(CCCCCCCCCCCC)OC(=O)Oc1ccc([N+](=O)[O-])cc1. The van der Waals surface area contributed by atoms with E-state index in [2.05, 4.69) is 69.4 Å². The number of esters is 3. The van der Waals surface area contributed by atoms with Crippen LogP contribution in [0.5, 0.6) is 5.75 Å². The number of unbranched alkanes of at least 4 members (excludes halogenated alkanes) is 25. The lowest BCUT2D eigenvalue weighted by molar-refractivity contribution is -0.384. The van der Waals surface area contributed by atoms with Crippen LogP contribution in [0.15, 0.2) is 72.9 Å². The van der Waals surface area contributed by atoms with Crippen molar-refractivity contribution in [1.82, 2.24) is 0 Å². The van der Waals surface area contributed by atoms with E-state index in [9.17, 15) is 29.3 Å². The topological polar surface area (TPSA) is 158 Å². The molecule has 1 rings (SSSR count). The molecular weight excluding hydrogens is 935 g/mol. The maximum atomic E-state index is 13.4. The lowest BCUT2D eigenvalue weighted by Crippen LogP contribution is -2.31. The Bertz CT molecular complexity index is 1610. The van der Waals surface area contributed by atoms with E-state index in [-0.39, 0.29) is 50.3 Å². The van der Waals surface area contributed by atoms with Gasteiger partial charge >= 0.3 is 24.1 Å². The molecule has 74 heavy (non-hydrogen) atoms. The summed E-state index contributed by atoms with van der Waals surface area (Å²) in [5.74, 6) is -1.31. The maximum Gasteiger partial charge on any atom is 0.514 e. The van der Waals surface area contributed by atoms with Crippen LogP contribution in [0.3, 0.4) is 0 Å². The summed E-state index contributed by atoms with van der Waals surface area (Å²) in [6.07, 6.45) is 51.4. The van der Waals surface area contributed by atoms with Gasteiger partial charge < -0.3 is 23.7 Å². The smallest absolute Gasteiger partial charge is 0.462 e. The van der Waals surface area contributed by atoms with Gasteiger partial charge in [-0.1, -0.05) is 191 Å². The highest BCUT2D eigenvalue weighted by molar-refractivity contribution is 5.71. The third-order valence-corrected chi connectivity index (χ3v) is 12.9. The molecule has 0 aliphatic carbocycles. The lowest BCUT2D eigenvalue weighted by Gasteiger charge is -2.20. The van der Waals surface area contributed by atoms with Gasteiger partial charge in [-0.05, 0) is 108 Å². The second-order valence-electron chi connectivity index (χ2n) is 19.8. The van der Waals surface area contributed by atoms with Crippen LogP contribution in [0.4, 0.5) is 10.5 Å². The fourth-order valence-corrected chi connectivity index (χ4v) is 8.33. The number of hydrogen-bond acceptors (Lipinski definition) is 11. The Morgan fingerprint density at radius 3 is 1.28 bits per heavy atom. The van der Waals surface area contributed by atoms with E-state index < -0.39 is 41.2 Å². The summed E-state index contributed by atoms with van der Waals surface area (Å²) in [5, 5.41) is 11.1. The van der Waals surface area contributed by atoms with Gasteiger partial charge in [-0.3, -0.25) is 24.5 Å². The van der Waals surface area contributed by atoms with Crippen molar-refractivity contribution in [3.8, 4) is 5.75 Å². The molecule has 12 nitrogen and oxygen atoms in total. The highest BCUT2D eigenvalue weighted by Crippen LogP contribution is 2.21. The molecule has 0 saturated carbocycles. The van der Waals surface area contributed by atoms with Gasteiger partial charge in [0.25, 0.3) is 5.69 Å². The van der Waals surface area contributed by atoms with Gasteiger partial charge in [0, 0.05) is 31.4 Å². The Hall–Kier alpha value is -4.74. The standard InChI is InChI=1S/C62H101NO11/c1-4-7-10-13-16-19-22-24-26-28-30-33-36-39-42-45-59(64)70-53-58(54-71-60(65)46-43-40-37-34-31-29-27-25-23-20-17-14-11-8-5-2)72-61(66)52-51-56(44-41-38-35-32-21-18-15-12-9-6-3)73-62(67)74-57-49-47-55(48-50-57)63(68)69/h16-17,19-20,24-27,47-50,56,58H,4-15,18,21-23,28-46,51-54H2,1-3H3/b19-16-,20-17-,26-24-,27-25-. The molecule has 1 aromatic carbocycles. The number of ether oxygens (including phenoxy) is 5. The summed E-state index contributed by atoms with van der Waals surface area (Å²) in [6, 6.07) is 5.12. The molecule has 0 fully saturated rings. The average molecular weight is 1040 g/mol. The molecule has 0 aliphatic rings. The van der Waals surface area contributed by atoms with Crippen LogP contribution >= 0.6 is 0 Å². The fourth-order valence-electron chi connectivity index (χ4n) is 8.33. The Labute approximate surface area is 448 Å². The number of nitro groups is 1. The van der Waals surface area contributed by atoms with Gasteiger partial charge in [-0.25, -0.2) is 4.79 Å². The predicted molar refractivity (Wildman–Crippen MR) is 300 cm³/mol. The van der Waals surface area contributed by atoms with E-state index in [0.29, 0.717) is 19.3 Å². The molecule has 0 radical (unpaired) electrons. The molecule has 0 heterocycles. The molecule has 0 amide bonds. The zero-order valence-corrected chi connectivity index (χ0v) is 46.6. The molecule has 1 atom stereocenters. The van der Waals surface area contributed by atoms with Gasteiger partial charge in [0.15, 0.2) is 6.10 Å². The second-order valence-corrected chi connectivity index (χ2v) is 19.8. The molecule has 0 spiro atoms. The largest absolute Gasteiger partial charge is 0.514 e. The maximum absolute atomic E-state index is 13.4. The number of nitrogens with zero attached hydrogens (tertiary/aromatic N) is 1. The minimum absolute atomic E-state index is 0.0931. The molecular formula is C62H101NO11. The molecule has 0 N–H and O–H groups in total. The molecule has 0 bridgehead atoms. The molecule has 1 unspecified atom stereocenters. The van der Waals surface area contributed by atoms with Crippen molar-refractivity contribution in [3.63, 3.8) is 0 Å². The van der Waals surface area contributed by atoms with Crippen molar-refractivity contribution in [2.45, 2.75) is 271 Å². The van der Waals surface area contributed by atoms with Crippen LogP contribution in [-0.4, -0.2) is 54.4 Å². The summed E-state index contributed by atoms with van der Waals surface area (Å²) in [7, 11) is 0. The third-order valence-electron chi connectivity index (χ3n) is 12.9. The summed E-state index contributed by atoms with van der Waals surface area (Å²) in [4.78, 5) is 62.4. The number of carbonyl (C=O) groups excluding carboxylic acids is 4. The summed E-state index contributed by atoms with van der Waals surface area (Å²) < 4.78 is 27.9. The number of carbonyl (C=O) groups is 4. The van der Waals surface area contributed by atoms with E-state index in [1.807, 2.05) is 0 Å². The first-order valence-corrected chi connectivity index (χ1v) is 29.4. The van der Waals surface area contributed by atoms with Crippen LogP contribution in [0.2, 0.25) is 0 Å². The van der Waals surface area contributed by atoms with Gasteiger partial charge in [0.2, 0.25) is 0 Å². The minimum atomic E-state index is -1.00. The summed E-state index contributed by atoms with van der Waals surface area (Å²) in [6.45, 7) is 6.16. The van der Waals surface area contributed by atoms with Crippen LogP contribution in [-0.2, 0) is 33.3 Å². The fraction of sp³-hybridized carbons (Fsp3) is 0.710. The number of hydrogen-bond donors (Lipinski definition) is 0. The molecule has 12 heteroatoms. The Balaban J connectivity index is 2.72. The first-order valence-electron chi connectivity index (χ1n) is 29.4. The monoisotopic (exact) mass is 1040 g/mol. The highest BCUT2D eigenvalue weighted by Gasteiger charge is 2.23. The molecule has 420 valence electrons. The first kappa shape index (κ1) is 67.3. The molecule has 1 aromatic rings. The third kappa shape index (κ3) is 43.6. The van der Waals surface area contributed by atoms with Gasteiger partial charge in [-0.15, -0.1) is 0 Å². The first-order chi connectivity index (χ1) is 36.2. The van der Waals surface area contributed by atoms with E-state index >= 15 is 0 Å². The number of non-ortho nitro benzene ring substituents is 1. The zero-order chi connectivity index (χ0) is 53.8. The quantitative estimate of drug-likeness (QED) is 0.0116. The Morgan fingerprint density at radius 1 is 0.446 bits per heavy atom. The number of allylic oxidation sites excluding steroid dienone is 8. The molecule has 0 saturated heterocycles. The molecule has 0 aliphatic heterocycles. The predicted octanol–water partition coefficient (Wildman–Crippen LogP) is 18.2. The van der Waals surface area contributed by atoms with E-state index in [4.69, 9.17) is 23.7 Å². The second kappa shape index (κ2) is 50.4. The summed E-state index contributed by atoms with van der Waals surface area (Å²) >= 11 is 0. The minimum Gasteiger partial charge on any atom is -0.462 e. The van der Waals surface area contributed by atoms with Crippen molar-refractivity contribution in [2.75, 3.05) is 13.2 Å². The van der Waals surface area contributed by atoms with Crippen molar-refractivity contribution >= 4 is 29.8 Å². The number of rotatable bonds is 50. The Kier molecular flexibility index (Phi) is 45.8. The van der Waals surface area contributed by atoms with Crippen LogP contribution in [0.1, 0.15) is 258 Å². The van der Waals surface area contributed by atoms with E-state index in [1.54, 1.807) is 0 Å². The lowest BCUT2D eigenvalue weighted by atomic mass is 10.0. The van der Waals surface area contributed by atoms with Crippen molar-refractivity contribution in [3.05, 3.63) is 83.0 Å². The number of nitro benzene ring substituents is 1. The Morgan fingerprint density at radius 2 is 0.838 bits per heavy atom. The van der Waals surface area contributed by atoms with Gasteiger partial charge in [0.1, 0.15) is 25.1 Å². The van der Waals surface area contributed by atoms with Crippen LogP contribution in [0.25, 0.3) is 0 Å². The van der Waals surface area contributed by atoms with Crippen molar-refractivity contribution in [1.29, 1.82) is 0 Å².